The third kappa shape index (κ3) is 4.55. The number of hydrogen-bond donors (Lipinski definition) is 2. The molecule has 0 saturated heterocycles. The number of amides is 1. The molecule has 1 aromatic rings. The summed E-state index contributed by atoms with van der Waals surface area (Å²) in [5.74, 6) is -1.68. The number of nitrogens with one attached hydrogen (secondary N) is 1. The Morgan fingerprint density at radius 3 is 2.62 bits per heavy atom. The van der Waals surface area contributed by atoms with E-state index in [1.54, 1.807) is 13.0 Å². The molecule has 0 aliphatic rings. The summed E-state index contributed by atoms with van der Waals surface area (Å²) in [4.78, 5) is 33.2. The van der Waals surface area contributed by atoms with Crippen molar-refractivity contribution < 1.29 is 19.6 Å². The molecule has 1 amide bonds. The lowest BCUT2D eigenvalue weighted by Crippen LogP contribution is -2.31. The fraction of sp³-hybridized carbons (Fsp3) is 0.429. The summed E-state index contributed by atoms with van der Waals surface area (Å²) >= 11 is 0. The zero-order valence-corrected chi connectivity index (χ0v) is 12.0. The Labute approximate surface area is 122 Å². The molecule has 21 heavy (non-hydrogen) atoms. The monoisotopic (exact) mass is 294 g/mol. The number of carboxylic acids is 1. The van der Waals surface area contributed by atoms with E-state index in [0.29, 0.717) is 12.0 Å². The highest BCUT2D eigenvalue weighted by Crippen LogP contribution is 2.21. The van der Waals surface area contributed by atoms with Gasteiger partial charge in [0.1, 0.15) is 5.56 Å². The Kier molecular flexibility index (Phi) is 5.83. The first kappa shape index (κ1) is 16.6. The van der Waals surface area contributed by atoms with Crippen LogP contribution in [0.3, 0.4) is 0 Å². The highest BCUT2D eigenvalue weighted by molar-refractivity contribution is 5.99. The average Bonchev–Trinajstić information content (AvgIpc) is 2.42. The maximum atomic E-state index is 12.1. The molecule has 2 N–H and O–H groups in total. The van der Waals surface area contributed by atoms with Gasteiger partial charge in [0.2, 0.25) is 0 Å². The Morgan fingerprint density at radius 2 is 2.10 bits per heavy atom. The summed E-state index contributed by atoms with van der Waals surface area (Å²) in [5.41, 5.74) is 0.277. The largest absolute Gasteiger partial charge is 0.481 e. The Hall–Kier alpha value is -2.44. The second-order valence-corrected chi connectivity index (χ2v) is 4.81. The van der Waals surface area contributed by atoms with Gasteiger partial charge in [-0.15, -0.1) is 0 Å². The van der Waals surface area contributed by atoms with Crippen molar-refractivity contribution in [2.75, 3.05) is 6.54 Å². The van der Waals surface area contributed by atoms with Crippen LogP contribution in [-0.2, 0) is 4.79 Å². The number of nitro benzene ring substituents is 1. The number of rotatable bonds is 7. The number of hydrogen-bond acceptors (Lipinski definition) is 4. The van der Waals surface area contributed by atoms with Crippen molar-refractivity contribution >= 4 is 17.6 Å². The number of aryl methyl sites for hydroxylation is 1. The van der Waals surface area contributed by atoms with Crippen molar-refractivity contribution in [2.24, 2.45) is 5.92 Å². The van der Waals surface area contributed by atoms with Gasteiger partial charge in [-0.05, 0) is 18.4 Å². The molecule has 7 heteroatoms. The fourth-order valence-electron chi connectivity index (χ4n) is 2.03. The quantitative estimate of drug-likeness (QED) is 0.591. The van der Waals surface area contributed by atoms with Gasteiger partial charge < -0.3 is 10.4 Å². The van der Waals surface area contributed by atoms with Gasteiger partial charge in [-0.1, -0.05) is 25.5 Å². The number of carbonyl (C=O) groups is 2. The van der Waals surface area contributed by atoms with Crippen molar-refractivity contribution in [3.05, 3.63) is 39.4 Å². The molecule has 0 heterocycles. The van der Waals surface area contributed by atoms with Gasteiger partial charge in [0.25, 0.3) is 11.6 Å². The van der Waals surface area contributed by atoms with Crippen LogP contribution in [0.2, 0.25) is 0 Å². The molecule has 0 aliphatic carbocycles. The molecule has 1 unspecified atom stereocenters. The second-order valence-electron chi connectivity index (χ2n) is 4.81. The Balaban J connectivity index is 2.85. The molecular formula is C14H18N2O5. The minimum Gasteiger partial charge on any atom is -0.481 e. The fourth-order valence-corrected chi connectivity index (χ4v) is 2.03. The third-order valence-corrected chi connectivity index (χ3v) is 3.27. The van der Waals surface area contributed by atoms with Crippen molar-refractivity contribution in [1.29, 1.82) is 0 Å². The molecule has 0 aliphatic heterocycles. The van der Waals surface area contributed by atoms with Crippen molar-refractivity contribution in [3.8, 4) is 0 Å². The Bertz CT molecular complexity index is 556. The molecule has 7 nitrogen and oxygen atoms in total. The number of nitro groups is 1. The minimum atomic E-state index is -0.932. The van der Waals surface area contributed by atoms with Crippen LogP contribution in [0.4, 0.5) is 5.69 Å². The lowest BCUT2D eigenvalue weighted by molar-refractivity contribution is -0.385. The van der Waals surface area contributed by atoms with Crippen LogP contribution in [0.5, 0.6) is 0 Å². The maximum Gasteiger partial charge on any atom is 0.303 e. The second kappa shape index (κ2) is 7.37. The molecule has 1 atom stereocenters. The van der Waals surface area contributed by atoms with Crippen molar-refractivity contribution in [1.82, 2.24) is 5.32 Å². The van der Waals surface area contributed by atoms with Crippen LogP contribution < -0.4 is 5.32 Å². The van der Waals surface area contributed by atoms with Crippen LogP contribution in [0.15, 0.2) is 18.2 Å². The minimum absolute atomic E-state index is 0.0210. The van der Waals surface area contributed by atoms with Crippen LogP contribution in [0, 0.1) is 23.0 Å². The van der Waals surface area contributed by atoms with Gasteiger partial charge >= 0.3 is 5.97 Å². The summed E-state index contributed by atoms with van der Waals surface area (Å²) < 4.78 is 0. The van der Waals surface area contributed by atoms with E-state index in [1.165, 1.54) is 12.1 Å². The molecule has 0 fully saturated rings. The van der Waals surface area contributed by atoms with Crippen LogP contribution in [0.1, 0.15) is 35.7 Å². The number of carbonyl (C=O) groups excluding carboxylic acids is 1. The van der Waals surface area contributed by atoms with Crippen LogP contribution in [0.25, 0.3) is 0 Å². The first-order valence-electron chi connectivity index (χ1n) is 6.60. The molecule has 0 aromatic heterocycles. The predicted octanol–water partition coefficient (Wildman–Crippen LogP) is 2.13. The number of carboxylic acid groups (broad SMARTS) is 1. The first-order chi connectivity index (χ1) is 9.86. The zero-order valence-electron chi connectivity index (χ0n) is 12.0. The van der Waals surface area contributed by atoms with Crippen molar-refractivity contribution in [2.45, 2.75) is 26.7 Å². The van der Waals surface area contributed by atoms with Crippen molar-refractivity contribution in [3.63, 3.8) is 0 Å². The SMILES string of the molecule is CCC(CNC(=O)c1c(C)cccc1[N+](=O)[O-])CC(=O)O. The standard InChI is InChI=1S/C14H18N2O5/c1-3-10(7-12(17)18)8-15-14(19)13-9(2)5-4-6-11(13)16(20)21/h4-6,10H,3,7-8H2,1-2H3,(H,15,19)(H,17,18). The molecule has 0 bridgehead atoms. The normalized spacial score (nSPS) is 11.7. The van der Waals surface area contributed by atoms with E-state index in [2.05, 4.69) is 5.32 Å². The van der Waals surface area contributed by atoms with Gasteiger partial charge in [0.05, 0.1) is 4.92 Å². The molecule has 114 valence electrons. The molecule has 0 spiro atoms. The van der Waals surface area contributed by atoms with E-state index in [-0.39, 0.29) is 30.1 Å². The van der Waals surface area contributed by atoms with Crippen LogP contribution >= 0.6 is 0 Å². The van der Waals surface area contributed by atoms with Gasteiger partial charge in [0, 0.05) is 19.0 Å². The van der Waals surface area contributed by atoms with Gasteiger partial charge in [-0.25, -0.2) is 0 Å². The summed E-state index contributed by atoms with van der Waals surface area (Å²) in [6.45, 7) is 3.62. The molecular weight excluding hydrogens is 276 g/mol. The summed E-state index contributed by atoms with van der Waals surface area (Å²) in [6, 6.07) is 4.41. The van der Waals surface area contributed by atoms with E-state index in [4.69, 9.17) is 5.11 Å². The molecule has 0 saturated carbocycles. The van der Waals surface area contributed by atoms with E-state index >= 15 is 0 Å². The van der Waals surface area contributed by atoms with E-state index in [1.807, 2.05) is 6.92 Å². The lowest BCUT2D eigenvalue weighted by atomic mass is 10.0. The Morgan fingerprint density at radius 1 is 1.43 bits per heavy atom. The first-order valence-corrected chi connectivity index (χ1v) is 6.60. The maximum absolute atomic E-state index is 12.1. The van der Waals surface area contributed by atoms with Crippen LogP contribution in [-0.4, -0.2) is 28.5 Å². The topological polar surface area (TPSA) is 110 Å². The number of nitrogens with zero attached hydrogens (tertiary/aromatic N) is 1. The van der Waals surface area contributed by atoms with E-state index in [9.17, 15) is 19.7 Å². The highest BCUT2D eigenvalue weighted by atomic mass is 16.6. The molecule has 0 radical (unpaired) electrons. The predicted molar refractivity (Wildman–Crippen MR) is 76.2 cm³/mol. The summed E-state index contributed by atoms with van der Waals surface area (Å²) in [5, 5.41) is 22.3. The summed E-state index contributed by atoms with van der Waals surface area (Å²) in [7, 11) is 0. The number of aliphatic carboxylic acids is 1. The molecule has 1 rings (SSSR count). The lowest BCUT2D eigenvalue weighted by Gasteiger charge is -2.14. The van der Waals surface area contributed by atoms with Gasteiger partial charge in [-0.3, -0.25) is 19.7 Å². The average molecular weight is 294 g/mol. The third-order valence-electron chi connectivity index (χ3n) is 3.27. The summed E-state index contributed by atoms with van der Waals surface area (Å²) in [6.07, 6.45) is 0.551. The number of benzene rings is 1. The smallest absolute Gasteiger partial charge is 0.303 e. The van der Waals surface area contributed by atoms with E-state index in [0.717, 1.165) is 0 Å². The highest BCUT2D eigenvalue weighted by Gasteiger charge is 2.22. The molecule has 1 aromatic carbocycles. The van der Waals surface area contributed by atoms with E-state index < -0.39 is 16.8 Å². The van der Waals surface area contributed by atoms with Gasteiger partial charge in [0.15, 0.2) is 0 Å². The zero-order chi connectivity index (χ0) is 16.0. The van der Waals surface area contributed by atoms with Gasteiger partial charge in [-0.2, -0.15) is 0 Å².